The second-order valence-electron chi connectivity index (χ2n) is 13.0. The van der Waals surface area contributed by atoms with Crippen molar-refractivity contribution >= 4 is 81.9 Å². The summed E-state index contributed by atoms with van der Waals surface area (Å²) in [6, 6.07) is 12.9. The lowest BCUT2D eigenvalue weighted by molar-refractivity contribution is 0.112. The summed E-state index contributed by atoms with van der Waals surface area (Å²) >= 11 is 3.35. The molecule has 0 saturated heterocycles. The monoisotopic (exact) mass is 550 g/mol. The van der Waals surface area contributed by atoms with Gasteiger partial charge < -0.3 is 0 Å². The van der Waals surface area contributed by atoms with E-state index in [-0.39, 0.29) is 10.1 Å². The van der Waals surface area contributed by atoms with Crippen LogP contribution in [0.1, 0.15) is 60.9 Å². The van der Waals surface area contributed by atoms with Crippen molar-refractivity contribution in [1.82, 2.24) is 0 Å². The number of rotatable bonds is 5. The van der Waals surface area contributed by atoms with Crippen molar-refractivity contribution in [1.29, 1.82) is 0 Å². The van der Waals surface area contributed by atoms with E-state index in [2.05, 4.69) is 104 Å². The highest BCUT2D eigenvalue weighted by atomic mass is 32.1. The largest absolute Gasteiger partial charge is 0.297 e. The van der Waals surface area contributed by atoms with Gasteiger partial charge in [-0.1, -0.05) is 104 Å². The predicted octanol–water partition coefficient (Wildman–Crippen LogP) is 8.84. The van der Waals surface area contributed by atoms with Crippen molar-refractivity contribution in [2.75, 3.05) is 0 Å². The Kier molecular flexibility index (Phi) is 6.69. The molecule has 2 aromatic heterocycles. The molecule has 0 aliphatic rings. The molecule has 2 aromatic carbocycles. The van der Waals surface area contributed by atoms with Gasteiger partial charge in [-0.25, -0.2) is 0 Å². The van der Waals surface area contributed by atoms with Crippen LogP contribution >= 0.6 is 22.7 Å². The number of hydrogen-bond acceptors (Lipinski definition) is 4. The molecule has 0 atom stereocenters. The van der Waals surface area contributed by atoms with Gasteiger partial charge in [0.2, 0.25) is 0 Å². The van der Waals surface area contributed by atoms with Crippen LogP contribution in [-0.2, 0) is 0 Å². The van der Waals surface area contributed by atoms with Crippen LogP contribution in [0.15, 0.2) is 36.4 Å². The average Bonchev–Trinajstić information content (AvgIpc) is 3.36. The third kappa shape index (κ3) is 4.01. The number of fused-ring (bicyclic) bond motifs is 2. The molecule has 4 rings (SSSR count). The Hall–Kier alpha value is -1.87. The number of benzene rings is 2. The van der Waals surface area contributed by atoms with E-state index < -0.39 is 16.1 Å². The van der Waals surface area contributed by atoms with Gasteiger partial charge in [0.15, 0.2) is 12.6 Å². The maximum absolute atomic E-state index is 12.4. The molecule has 36 heavy (non-hydrogen) atoms. The van der Waals surface area contributed by atoms with Gasteiger partial charge in [-0.05, 0) is 41.0 Å². The first kappa shape index (κ1) is 27.2. The zero-order chi connectivity index (χ0) is 26.8. The molecule has 2 heterocycles. The maximum atomic E-state index is 12.4. The fourth-order valence-corrected chi connectivity index (χ4v) is 14.1. The van der Waals surface area contributed by atoms with E-state index in [1.807, 2.05) is 0 Å². The normalized spacial score (nSPS) is 13.5. The summed E-state index contributed by atoms with van der Waals surface area (Å²) in [5.41, 5.74) is 2.12. The van der Waals surface area contributed by atoms with Crippen LogP contribution in [0, 0.1) is 0 Å². The second-order valence-corrected chi connectivity index (χ2v) is 26.4. The molecule has 0 saturated carbocycles. The van der Waals surface area contributed by atoms with Crippen molar-refractivity contribution in [2.45, 2.75) is 77.8 Å². The maximum Gasteiger partial charge on any atom is 0.160 e. The highest BCUT2D eigenvalue weighted by Crippen LogP contribution is 2.45. The first-order chi connectivity index (χ1) is 16.6. The van der Waals surface area contributed by atoms with Crippen LogP contribution in [0.2, 0.25) is 36.3 Å². The average molecular weight is 551 g/mol. The van der Waals surface area contributed by atoms with Crippen molar-refractivity contribution in [3.05, 3.63) is 46.2 Å². The van der Waals surface area contributed by atoms with Crippen molar-refractivity contribution in [2.24, 2.45) is 0 Å². The first-order valence-corrected chi connectivity index (χ1v) is 20.2. The molecule has 4 aromatic rings. The number of thiophene rings is 2. The molecule has 0 spiro atoms. The van der Waals surface area contributed by atoms with Crippen LogP contribution in [0.4, 0.5) is 0 Å². The molecule has 0 radical (unpaired) electrons. The van der Waals surface area contributed by atoms with Gasteiger partial charge >= 0.3 is 0 Å². The Morgan fingerprint density at radius 3 is 1.22 bits per heavy atom. The molecule has 0 amide bonds. The molecule has 6 heteroatoms. The SMILES string of the molecule is CC(C)(C)[Si](C)(C)c1sc(C=O)c2c(-c3cccc4c([Si](C)(C)C(C)(C)C)sc(C=O)c34)cccc12. The third-order valence-electron chi connectivity index (χ3n) is 8.92. The quantitative estimate of drug-likeness (QED) is 0.184. The number of hydrogen-bond donors (Lipinski definition) is 0. The number of carbonyl (C=O) groups is 2. The van der Waals surface area contributed by atoms with Gasteiger partial charge in [0.05, 0.1) is 25.9 Å². The minimum Gasteiger partial charge on any atom is -0.297 e. The molecule has 0 bridgehead atoms. The molecule has 2 nitrogen and oxygen atoms in total. The summed E-state index contributed by atoms with van der Waals surface area (Å²) in [4.78, 5) is 26.4. The second kappa shape index (κ2) is 8.86. The molecular weight excluding hydrogens is 513 g/mol. The van der Waals surface area contributed by atoms with Crippen LogP contribution in [-0.4, -0.2) is 28.7 Å². The van der Waals surface area contributed by atoms with Gasteiger partial charge in [-0.15, -0.1) is 22.7 Å². The highest BCUT2D eigenvalue weighted by molar-refractivity contribution is 7.31. The number of carbonyl (C=O) groups excluding carboxylic acids is 2. The Bertz CT molecular complexity index is 1380. The van der Waals surface area contributed by atoms with E-state index in [4.69, 9.17) is 0 Å². The van der Waals surface area contributed by atoms with Crippen LogP contribution in [0.25, 0.3) is 32.7 Å². The Labute approximate surface area is 225 Å². The van der Waals surface area contributed by atoms with Crippen molar-refractivity contribution in [3.63, 3.8) is 0 Å². The Morgan fingerprint density at radius 1 is 0.611 bits per heavy atom. The minimum atomic E-state index is -1.87. The summed E-state index contributed by atoms with van der Waals surface area (Å²) in [5, 5.41) is 4.82. The van der Waals surface area contributed by atoms with E-state index in [0.29, 0.717) is 0 Å². The van der Waals surface area contributed by atoms with Gasteiger partial charge in [-0.2, -0.15) is 0 Å². The zero-order valence-electron chi connectivity index (χ0n) is 23.3. The fraction of sp³-hybridized carbons (Fsp3) is 0.400. The Balaban J connectivity index is 2.11. The molecule has 0 aliphatic carbocycles. The molecule has 0 fully saturated rings. The van der Waals surface area contributed by atoms with Crippen LogP contribution < -0.4 is 9.00 Å². The summed E-state index contributed by atoms with van der Waals surface area (Å²) in [7, 11) is -3.73. The van der Waals surface area contributed by atoms with E-state index in [9.17, 15) is 9.59 Å². The van der Waals surface area contributed by atoms with Gasteiger partial charge in [0.25, 0.3) is 0 Å². The van der Waals surface area contributed by atoms with Crippen LogP contribution in [0.3, 0.4) is 0 Å². The third-order valence-corrected chi connectivity index (χ3v) is 24.8. The topological polar surface area (TPSA) is 34.1 Å². The van der Waals surface area contributed by atoms with E-state index in [0.717, 1.165) is 44.2 Å². The van der Waals surface area contributed by atoms with E-state index in [1.165, 1.54) is 19.8 Å². The lowest BCUT2D eigenvalue weighted by atomic mass is 9.95. The zero-order valence-corrected chi connectivity index (χ0v) is 26.9. The molecule has 0 aliphatic heterocycles. The first-order valence-electron chi connectivity index (χ1n) is 12.6. The van der Waals surface area contributed by atoms with Gasteiger partial charge in [-0.3, -0.25) is 9.59 Å². The fourth-order valence-electron chi connectivity index (χ4n) is 4.67. The smallest absolute Gasteiger partial charge is 0.160 e. The summed E-state index contributed by atoms with van der Waals surface area (Å²) in [6.45, 7) is 23.6. The van der Waals surface area contributed by atoms with Crippen molar-refractivity contribution in [3.8, 4) is 11.1 Å². The summed E-state index contributed by atoms with van der Waals surface area (Å²) in [5.74, 6) is 0. The highest BCUT2D eigenvalue weighted by Gasteiger charge is 2.41. The minimum absolute atomic E-state index is 0.164. The van der Waals surface area contributed by atoms with Gasteiger partial charge in [0, 0.05) is 10.8 Å². The molecule has 190 valence electrons. The molecule has 0 unspecified atom stereocenters. The van der Waals surface area contributed by atoms with Crippen molar-refractivity contribution < 1.29 is 9.59 Å². The summed E-state index contributed by atoms with van der Waals surface area (Å²) < 4.78 is 2.76. The van der Waals surface area contributed by atoms with Gasteiger partial charge in [0.1, 0.15) is 0 Å². The predicted molar refractivity (Wildman–Crippen MR) is 167 cm³/mol. The molecule has 0 N–H and O–H groups in total. The van der Waals surface area contributed by atoms with E-state index >= 15 is 0 Å². The lowest BCUT2D eigenvalue weighted by Gasteiger charge is -2.36. The number of aldehydes is 2. The lowest BCUT2D eigenvalue weighted by Crippen LogP contribution is -2.48. The van der Waals surface area contributed by atoms with E-state index in [1.54, 1.807) is 22.7 Å². The van der Waals surface area contributed by atoms with Crippen LogP contribution in [0.5, 0.6) is 0 Å². The summed E-state index contributed by atoms with van der Waals surface area (Å²) in [6.07, 6.45) is 2.06. The Morgan fingerprint density at radius 2 is 0.944 bits per heavy atom. The standard InChI is InChI=1S/C30H38O2S2Si2/c1-29(2,3)35(7,8)27-21-15-11-13-19(25(21)23(17-31)33-27)20-14-12-16-22-26(20)24(18-32)34-28(22)36(9,10)30(4,5)6/h11-18H,1-10H3. The molecular formula is C30H38O2S2Si2.